The number of aryl methyl sites for hydroxylation is 1. The quantitative estimate of drug-likeness (QED) is 0.366. The average Bonchev–Trinajstić information content (AvgIpc) is 3.37. The Morgan fingerprint density at radius 3 is 2.81 bits per heavy atom. The van der Waals surface area contributed by atoms with Crippen LogP contribution in [0.2, 0.25) is 0 Å². The Morgan fingerprint density at radius 1 is 1.09 bits per heavy atom. The van der Waals surface area contributed by atoms with Crippen LogP contribution >= 0.6 is 0 Å². The highest BCUT2D eigenvalue weighted by atomic mass is 19.4. The lowest BCUT2D eigenvalue weighted by Crippen LogP contribution is -2.05. The Morgan fingerprint density at radius 2 is 1.97 bits per heavy atom. The third kappa shape index (κ3) is 3.52. The van der Waals surface area contributed by atoms with Gasteiger partial charge in [-0.2, -0.15) is 18.3 Å². The van der Waals surface area contributed by atoms with Crippen molar-refractivity contribution in [1.82, 2.24) is 19.8 Å². The summed E-state index contributed by atoms with van der Waals surface area (Å²) in [5, 5.41) is 11.8. The first-order chi connectivity index (χ1) is 15.4. The van der Waals surface area contributed by atoms with Gasteiger partial charge >= 0.3 is 6.18 Å². The predicted octanol–water partition coefficient (Wildman–Crippen LogP) is 5.59. The van der Waals surface area contributed by atoms with E-state index < -0.39 is 11.7 Å². The van der Waals surface area contributed by atoms with Gasteiger partial charge in [-0.1, -0.05) is 23.2 Å². The van der Waals surface area contributed by atoms with E-state index in [1.54, 1.807) is 29.0 Å². The highest BCUT2D eigenvalue weighted by molar-refractivity contribution is 5.94. The van der Waals surface area contributed by atoms with Gasteiger partial charge in [-0.05, 0) is 54.8 Å². The van der Waals surface area contributed by atoms with E-state index in [2.05, 4.69) is 32.4 Å². The minimum Gasteiger partial charge on any atom is -0.353 e. The van der Waals surface area contributed by atoms with Crippen LogP contribution in [0.4, 0.5) is 24.7 Å². The van der Waals surface area contributed by atoms with Crippen LogP contribution < -0.4 is 5.32 Å². The van der Waals surface area contributed by atoms with Gasteiger partial charge in [0.05, 0.1) is 22.7 Å². The smallest absolute Gasteiger partial charge is 0.353 e. The van der Waals surface area contributed by atoms with Gasteiger partial charge < -0.3 is 9.84 Å². The average molecular weight is 435 g/mol. The first-order valence-corrected chi connectivity index (χ1v) is 9.54. The molecule has 0 saturated carbocycles. The lowest BCUT2D eigenvalue weighted by atomic mass is 10.1. The van der Waals surface area contributed by atoms with Crippen LogP contribution in [0.5, 0.6) is 0 Å². The van der Waals surface area contributed by atoms with Gasteiger partial charge in [0.2, 0.25) is 0 Å². The normalized spacial score (nSPS) is 11.5. The number of nitrogens with zero attached hydrogens (tertiary/aromatic N) is 4. The summed E-state index contributed by atoms with van der Waals surface area (Å²) in [4.78, 5) is 4.26. The second-order valence-electron chi connectivity index (χ2n) is 7.06. The summed E-state index contributed by atoms with van der Waals surface area (Å²) in [6.07, 6.45) is -1.16. The van der Waals surface area contributed by atoms with Crippen molar-refractivity contribution in [3.8, 4) is 11.8 Å². The van der Waals surface area contributed by atoms with Crippen LogP contribution in [0.25, 0.3) is 16.6 Å². The van der Waals surface area contributed by atoms with E-state index >= 15 is 0 Å². The lowest BCUT2D eigenvalue weighted by Gasteiger charge is -2.09. The fourth-order valence-corrected chi connectivity index (χ4v) is 3.30. The Balaban J connectivity index is 0.00000259. The van der Waals surface area contributed by atoms with Crippen molar-refractivity contribution >= 4 is 28.1 Å². The zero-order valence-electron chi connectivity index (χ0n) is 16.6. The number of hydrogen-bond acceptors (Lipinski definition) is 5. The lowest BCUT2D eigenvalue weighted by molar-refractivity contribution is -0.137. The van der Waals surface area contributed by atoms with Crippen molar-refractivity contribution in [2.24, 2.45) is 0 Å². The molecular formula is C23H16F3N5O. The molecule has 160 valence electrons. The Labute approximate surface area is 181 Å². The summed E-state index contributed by atoms with van der Waals surface area (Å²) in [6.45, 7) is 1.89. The third-order valence-electron chi connectivity index (χ3n) is 4.90. The number of imidazole rings is 1. The van der Waals surface area contributed by atoms with Crippen molar-refractivity contribution in [1.29, 1.82) is 0 Å². The summed E-state index contributed by atoms with van der Waals surface area (Å²) >= 11 is 0. The maximum atomic E-state index is 13.0. The van der Waals surface area contributed by atoms with E-state index in [9.17, 15) is 13.2 Å². The molecule has 0 spiro atoms. The molecule has 0 aliphatic rings. The van der Waals surface area contributed by atoms with Gasteiger partial charge in [-0.3, -0.25) is 0 Å². The fourth-order valence-electron chi connectivity index (χ4n) is 3.30. The molecule has 6 nitrogen and oxygen atoms in total. The number of fused-ring (bicyclic) bond motifs is 2. The molecule has 0 atom stereocenters. The zero-order valence-corrected chi connectivity index (χ0v) is 16.6. The molecule has 0 aliphatic heterocycles. The largest absolute Gasteiger partial charge is 0.416 e. The monoisotopic (exact) mass is 435 g/mol. The molecule has 0 saturated heterocycles. The molecule has 3 aromatic heterocycles. The summed E-state index contributed by atoms with van der Waals surface area (Å²) in [7, 11) is 0. The molecule has 0 aliphatic carbocycles. The zero-order chi connectivity index (χ0) is 22.3. The number of rotatable bonds is 2. The number of benzene rings is 2. The molecule has 3 heterocycles. The van der Waals surface area contributed by atoms with Crippen LogP contribution in [-0.4, -0.2) is 19.8 Å². The molecule has 2 aromatic carbocycles. The van der Waals surface area contributed by atoms with E-state index in [-0.39, 0.29) is 7.11 Å². The van der Waals surface area contributed by atoms with Gasteiger partial charge in [0, 0.05) is 13.3 Å². The standard InChI is InChI=1S/C23H14F3N5O.H2/c1-14-7-9-19-21(18(14)10-8-17-13-27-20-6-3-11-28-31(17)20)32-30-22(19)29-16-5-2-4-15(12-16)23(24,25)26;/h2-7,9,11-13H,1H3,(H,29,30);1H. The fraction of sp³-hybridized carbons (Fsp3) is 0.0870. The third-order valence-corrected chi connectivity index (χ3v) is 4.90. The van der Waals surface area contributed by atoms with Crippen molar-refractivity contribution in [3.05, 3.63) is 83.3 Å². The molecule has 5 rings (SSSR count). The summed E-state index contributed by atoms with van der Waals surface area (Å²) in [6, 6.07) is 12.2. The van der Waals surface area contributed by atoms with E-state index in [0.29, 0.717) is 33.7 Å². The van der Waals surface area contributed by atoms with Crippen molar-refractivity contribution < 1.29 is 19.1 Å². The van der Waals surface area contributed by atoms with Crippen LogP contribution in [0.1, 0.15) is 23.8 Å². The minimum absolute atomic E-state index is 0. The molecule has 0 radical (unpaired) electrons. The van der Waals surface area contributed by atoms with Gasteiger partial charge in [-0.15, -0.1) is 0 Å². The van der Waals surface area contributed by atoms with Gasteiger partial charge in [0.25, 0.3) is 0 Å². The Kier molecular flexibility index (Phi) is 4.56. The molecule has 0 bridgehead atoms. The van der Waals surface area contributed by atoms with Crippen LogP contribution in [-0.2, 0) is 6.18 Å². The number of aromatic nitrogens is 4. The van der Waals surface area contributed by atoms with Crippen molar-refractivity contribution in [2.45, 2.75) is 13.1 Å². The van der Waals surface area contributed by atoms with Crippen LogP contribution in [0.15, 0.2) is 65.4 Å². The summed E-state index contributed by atoms with van der Waals surface area (Å²) < 4.78 is 46.2. The van der Waals surface area contributed by atoms with Gasteiger partial charge in [0.15, 0.2) is 17.0 Å². The predicted molar refractivity (Wildman–Crippen MR) is 115 cm³/mol. The van der Waals surface area contributed by atoms with Gasteiger partial charge in [0.1, 0.15) is 5.69 Å². The SMILES string of the molecule is Cc1ccc2c(Nc3cccc(C(F)(F)F)c3)noc2c1C#Cc1cnc2cccnn12.[HH]. The highest BCUT2D eigenvalue weighted by Crippen LogP contribution is 2.33. The molecule has 0 unspecified atom stereocenters. The number of alkyl halides is 3. The Hall–Kier alpha value is -4.32. The number of hydrogen-bond donors (Lipinski definition) is 1. The van der Waals surface area contributed by atoms with Crippen LogP contribution in [0.3, 0.4) is 0 Å². The first-order valence-electron chi connectivity index (χ1n) is 9.54. The minimum atomic E-state index is -4.43. The maximum absolute atomic E-state index is 13.0. The molecule has 9 heteroatoms. The maximum Gasteiger partial charge on any atom is 0.416 e. The second-order valence-corrected chi connectivity index (χ2v) is 7.06. The van der Waals surface area contributed by atoms with Crippen molar-refractivity contribution in [3.63, 3.8) is 0 Å². The first kappa shape index (κ1) is 19.6. The highest BCUT2D eigenvalue weighted by Gasteiger charge is 2.30. The molecule has 5 aromatic rings. The molecule has 0 fully saturated rings. The number of nitrogens with one attached hydrogen (secondary N) is 1. The van der Waals surface area contributed by atoms with Gasteiger partial charge in [-0.25, -0.2) is 9.50 Å². The Bertz CT molecular complexity index is 1530. The van der Waals surface area contributed by atoms with E-state index in [4.69, 9.17) is 4.52 Å². The topological polar surface area (TPSA) is 68.2 Å². The van der Waals surface area contributed by atoms with Crippen molar-refractivity contribution in [2.75, 3.05) is 5.32 Å². The number of halogens is 3. The summed E-state index contributed by atoms with van der Waals surface area (Å²) in [5.74, 6) is 6.45. The second kappa shape index (κ2) is 7.42. The molecular weight excluding hydrogens is 419 g/mol. The molecule has 1 N–H and O–H groups in total. The summed E-state index contributed by atoms with van der Waals surface area (Å²) in [5.41, 5.74) is 2.72. The molecule has 0 amide bonds. The van der Waals surface area contributed by atoms with E-state index in [1.165, 1.54) is 12.1 Å². The van der Waals surface area contributed by atoms with Crippen LogP contribution in [0, 0.1) is 18.8 Å². The molecule has 32 heavy (non-hydrogen) atoms. The van der Waals surface area contributed by atoms with E-state index in [0.717, 1.165) is 17.7 Å². The number of anilines is 2. The van der Waals surface area contributed by atoms with E-state index in [1.807, 2.05) is 19.1 Å².